The lowest BCUT2D eigenvalue weighted by atomic mass is 10.0. The molecule has 4 aromatic carbocycles. The van der Waals surface area contributed by atoms with Crippen LogP contribution in [-0.4, -0.2) is 47.2 Å². The molecule has 0 fully saturated rings. The Kier molecular flexibility index (Phi) is 12.1. The third-order valence-electron chi connectivity index (χ3n) is 6.49. The average molecular weight is 557 g/mol. The first-order valence-corrected chi connectivity index (χ1v) is 13.6. The van der Waals surface area contributed by atoms with Crippen LogP contribution in [0.15, 0.2) is 121 Å². The zero-order valence-electron chi connectivity index (χ0n) is 22.8. The summed E-state index contributed by atoms with van der Waals surface area (Å²) in [5, 5.41) is 21.7. The van der Waals surface area contributed by atoms with Crippen molar-refractivity contribution >= 4 is 5.97 Å². The number of aliphatic carboxylic acids is 1. The quantitative estimate of drug-likeness (QED) is 0.180. The molecule has 7 nitrogen and oxygen atoms in total. The highest BCUT2D eigenvalue weighted by molar-refractivity contribution is 5.73. The Labute approximate surface area is 240 Å². The van der Waals surface area contributed by atoms with E-state index in [1.807, 2.05) is 121 Å². The van der Waals surface area contributed by atoms with Gasteiger partial charge in [-0.05, 0) is 22.3 Å². The standard InChI is InChI=1S/C34H36O7/c35-30(25-38-21-26-13-5-1-6-14-26)31(39-22-27-15-7-2-8-16-27)32(40-23-28-17-9-3-10-18-28)33(34(36)37)41-24-29-19-11-4-12-20-29/h1-20,30-33,35H,21-25H2,(H,36,37)/t30-,31-,32+,33-/m1/s1. The molecular formula is C34H36O7. The van der Waals surface area contributed by atoms with Gasteiger partial charge in [-0.2, -0.15) is 0 Å². The zero-order valence-corrected chi connectivity index (χ0v) is 22.8. The van der Waals surface area contributed by atoms with Gasteiger partial charge in [0.1, 0.15) is 18.3 Å². The average Bonchev–Trinajstić information content (AvgIpc) is 3.01. The molecule has 4 rings (SSSR count). The summed E-state index contributed by atoms with van der Waals surface area (Å²) in [6, 6.07) is 37.8. The molecular weight excluding hydrogens is 520 g/mol. The van der Waals surface area contributed by atoms with Crippen LogP contribution in [-0.2, 0) is 50.2 Å². The number of benzene rings is 4. The number of carboxylic acids is 1. The number of carboxylic acid groups (broad SMARTS) is 1. The summed E-state index contributed by atoms with van der Waals surface area (Å²) in [7, 11) is 0. The normalized spacial score (nSPS) is 14.2. The van der Waals surface area contributed by atoms with Gasteiger partial charge >= 0.3 is 5.97 Å². The first kappa shape index (κ1) is 30.1. The van der Waals surface area contributed by atoms with E-state index in [9.17, 15) is 15.0 Å². The second-order valence-corrected chi connectivity index (χ2v) is 9.65. The summed E-state index contributed by atoms with van der Waals surface area (Å²) in [6.45, 7) is 0.482. The Hall–Kier alpha value is -3.85. The molecule has 0 saturated heterocycles. The molecule has 41 heavy (non-hydrogen) atoms. The van der Waals surface area contributed by atoms with Crippen LogP contribution in [0, 0.1) is 0 Å². The van der Waals surface area contributed by atoms with Gasteiger partial charge in [0.15, 0.2) is 6.10 Å². The monoisotopic (exact) mass is 556 g/mol. The highest BCUT2D eigenvalue weighted by Crippen LogP contribution is 2.22. The maximum atomic E-state index is 12.6. The molecule has 0 aliphatic carbocycles. The largest absolute Gasteiger partial charge is 0.479 e. The van der Waals surface area contributed by atoms with Crippen molar-refractivity contribution in [3.05, 3.63) is 144 Å². The molecule has 2 N–H and O–H groups in total. The van der Waals surface area contributed by atoms with Crippen molar-refractivity contribution in [1.82, 2.24) is 0 Å². The summed E-state index contributed by atoms with van der Waals surface area (Å²) in [5.74, 6) is -1.22. The molecule has 0 heterocycles. The first-order valence-electron chi connectivity index (χ1n) is 13.6. The van der Waals surface area contributed by atoms with E-state index >= 15 is 0 Å². The topological polar surface area (TPSA) is 94.5 Å². The predicted octanol–water partition coefficient (Wildman–Crippen LogP) is 5.40. The number of hydrogen-bond acceptors (Lipinski definition) is 6. The summed E-state index contributed by atoms with van der Waals surface area (Å²) >= 11 is 0. The first-order chi connectivity index (χ1) is 20.1. The molecule has 0 unspecified atom stereocenters. The fourth-order valence-corrected chi connectivity index (χ4v) is 4.35. The second-order valence-electron chi connectivity index (χ2n) is 9.65. The molecule has 0 radical (unpaired) electrons. The van der Waals surface area contributed by atoms with Crippen LogP contribution in [0.4, 0.5) is 0 Å². The van der Waals surface area contributed by atoms with Gasteiger partial charge in [0.2, 0.25) is 0 Å². The van der Waals surface area contributed by atoms with Crippen LogP contribution in [0.5, 0.6) is 0 Å². The second kappa shape index (κ2) is 16.4. The molecule has 4 atom stereocenters. The predicted molar refractivity (Wildman–Crippen MR) is 155 cm³/mol. The molecule has 0 bridgehead atoms. The Morgan fingerprint density at radius 2 is 0.902 bits per heavy atom. The molecule has 0 spiro atoms. The van der Waals surface area contributed by atoms with Crippen molar-refractivity contribution in [3.63, 3.8) is 0 Å². The van der Waals surface area contributed by atoms with E-state index in [-0.39, 0.29) is 33.0 Å². The zero-order chi connectivity index (χ0) is 28.7. The lowest BCUT2D eigenvalue weighted by Gasteiger charge is -2.34. The van der Waals surface area contributed by atoms with E-state index in [4.69, 9.17) is 18.9 Å². The SMILES string of the molecule is O=C(O)[C@H](OCc1ccccc1)[C@@H](OCc1ccccc1)[C@H](OCc1ccccc1)[C@H](O)COCc1ccccc1. The van der Waals surface area contributed by atoms with Gasteiger partial charge < -0.3 is 29.2 Å². The third kappa shape index (κ3) is 9.93. The highest BCUT2D eigenvalue weighted by atomic mass is 16.6. The minimum Gasteiger partial charge on any atom is -0.479 e. The Bertz CT molecular complexity index is 1270. The van der Waals surface area contributed by atoms with Crippen LogP contribution in [0.2, 0.25) is 0 Å². The number of rotatable bonds is 17. The van der Waals surface area contributed by atoms with E-state index < -0.39 is 30.4 Å². The summed E-state index contributed by atoms with van der Waals surface area (Å²) in [6.07, 6.45) is -4.86. The van der Waals surface area contributed by atoms with Crippen molar-refractivity contribution in [2.75, 3.05) is 6.61 Å². The summed E-state index contributed by atoms with van der Waals surface area (Å²) < 4.78 is 24.2. The van der Waals surface area contributed by atoms with Crippen LogP contribution in [0.25, 0.3) is 0 Å². The molecule has 0 aromatic heterocycles. The van der Waals surface area contributed by atoms with Gasteiger partial charge in [-0.25, -0.2) is 4.79 Å². The fourth-order valence-electron chi connectivity index (χ4n) is 4.35. The van der Waals surface area contributed by atoms with Gasteiger partial charge in [-0.1, -0.05) is 121 Å². The molecule has 0 saturated carbocycles. The van der Waals surface area contributed by atoms with Crippen molar-refractivity contribution in [3.8, 4) is 0 Å². The highest BCUT2D eigenvalue weighted by Gasteiger charge is 2.41. The Balaban J connectivity index is 1.57. The Morgan fingerprint density at radius 3 is 1.32 bits per heavy atom. The summed E-state index contributed by atoms with van der Waals surface area (Å²) in [5.41, 5.74) is 3.48. The smallest absolute Gasteiger partial charge is 0.335 e. The van der Waals surface area contributed by atoms with E-state index in [0.29, 0.717) is 0 Å². The summed E-state index contributed by atoms with van der Waals surface area (Å²) in [4.78, 5) is 12.6. The van der Waals surface area contributed by atoms with Gasteiger partial charge in [-0.15, -0.1) is 0 Å². The maximum absolute atomic E-state index is 12.6. The number of hydrogen-bond donors (Lipinski definition) is 2. The molecule has 7 heteroatoms. The van der Waals surface area contributed by atoms with Crippen molar-refractivity contribution in [2.24, 2.45) is 0 Å². The lowest BCUT2D eigenvalue weighted by molar-refractivity contribution is -0.199. The van der Waals surface area contributed by atoms with E-state index in [0.717, 1.165) is 22.3 Å². The van der Waals surface area contributed by atoms with E-state index in [2.05, 4.69) is 0 Å². The maximum Gasteiger partial charge on any atom is 0.335 e. The van der Waals surface area contributed by atoms with Crippen molar-refractivity contribution in [2.45, 2.75) is 50.8 Å². The van der Waals surface area contributed by atoms with Crippen LogP contribution < -0.4 is 0 Å². The van der Waals surface area contributed by atoms with Crippen LogP contribution in [0.3, 0.4) is 0 Å². The van der Waals surface area contributed by atoms with Crippen LogP contribution in [0.1, 0.15) is 22.3 Å². The van der Waals surface area contributed by atoms with Crippen LogP contribution >= 0.6 is 0 Å². The number of carbonyl (C=O) groups is 1. The molecule has 0 aliphatic rings. The van der Waals surface area contributed by atoms with Gasteiger partial charge in [-0.3, -0.25) is 0 Å². The van der Waals surface area contributed by atoms with Crippen molar-refractivity contribution < 1.29 is 34.0 Å². The molecule has 0 amide bonds. The lowest BCUT2D eigenvalue weighted by Crippen LogP contribution is -2.52. The minimum atomic E-state index is -1.43. The van der Waals surface area contributed by atoms with Gasteiger partial charge in [0.05, 0.1) is 33.0 Å². The number of ether oxygens (including phenoxy) is 4. The number of aliphatic hydroxyl groups excluding tert-OH is 1. The third-order valence-corrected chi connectivity index (χ3v) is 6.49. The molecule has 214 valence electrons. The molecule has 4 aromatic rings. The molecule has 0 aliphatic heterocycles. The van der Waals surface area contributed by atoms with Gasteiger partial charge in [0, 0.05) is 0 Å². The minimum absolute atomic E-state index is 0.0506. The van der Waals surface area contributed by atoms with Crippen molar-refractivity contribution in [1.29, 1.82) is 0 Å². The van der Waals surface area contributed by atoms with E-state index in [1.54, 1.807) is 0 Å². The Morgan fingerprint density at radius 1 is 0.537 bits per heavy atom. The fraction of sp³-hybridized carbons (Fsp3) is 0.265. The number of aliphatic hydroxyl groups is 1. The van der Waals surface area contributed by atoms with E-state index in [1.165, 1.54) is 0 Å². The van der Waals surface area contributed by atoms with Gasteiger partial charge in [0.25, 0.3) is 0 Å².